The highest BCUT2D eigenvalue weighted by Gasteiger charge is 2.30. The lowest BCUT2D eigenvalue weighted by molar-refractivity contribution is -0.137. The molecule has 1 saturated heterocycles. The number of nitrogens with zero attached hydrogens (tertiary/aromatic N) is 3. The Bertz CT molecular complexity index is 1290. The first kappa shape index (κ1) is 22.5. The van der Waals surface area contributed by atoms with Gasteiger partial charge >= 0.3 is 6.18 Å². The highest BCUT2D eigenvalue weighted by molar-refractivity contribution is 7.91. The molecule has 0 atom stereocenters. The van der Waals surface area contributed by atoms with Crippen molar-refractivity contribution in [3.8, 4) is 0 Å². The Kier molecular flexibility index (Phi) is 5.66. The Morgan fingerprint density at radius 1 is 1.19 bits per heavy atom. The molecule has 4 rings (SSSR count). The van der Waals surface area contributed by atoms with Crippen molar-refractivity contribution >= 4 is 44.1 Å². The van der Waals surface area contributed by atoms with E-state index in [4.69, 9.17) is 11.6 Å². The first-order valence-corrected chi connectivity index (χ1v) is 11.9. The number of amides is 1. The third-order valence-electron chi connectivity index (χ3n) is 5.42. The number of hydrogen-bond donors (Lipinski definition) is 1. The molecular weight excluding hydrogens is 469 g/mol. The fraction of sp³-hybridized carbons (Fsp3) is 0.350. The second-order valence-electron chi connectivity index (χ2n) is 7.63. The number of fused-ring (bicyclic) bond motifs is 1. The van der Waals surface area contributed by atoms with Gasteiger partial charge in [-0.05, 0) is 44.0 Å². The van der Waals surface area contributed by atoms with Gasteiger partial charge in [0.1, 0.15) is 9.84 Å². The monoisotopic (exact) mass is 486 g/mol. The summed E-state index contributed by atoms with van der Waals surface area (Å²) in [6, 6.07) is 3.90. The number of aryl methyl sites for hydroxylation is 1. The molecule has 0 aliphatic carbocycles. The molecule has 3 aromatic rings. The molecule has 7 nitrogen and oxygen atoms in total. The van der Waals surface area contributed by atoms with E-state index in [0.29, 0.717) is 29.6 Å². The van der Waals surface area contributed by atoms with E-state index in [1.54, 1.807) is 11.6 Å². The normalized spacial score (nSPS) is 16.9. The molecule has 32 heavy (non-hydrogen) atoms. The number of alkyl halides is 3. The second-order valence-corrected chi connectivity index (χ2v) is 10.3. The van der Waals surface area contributed by atoms with E-state index in [-0.39, 0.29) is 33.8 Å². The van der Waals surface area contributed by atoms with Crippen LogP contribution in [0, 0.1) is 6.92 Å². The van der Waals surface area contributed by atoms with Crippen molar-refractivity contribution in [1.82, 2.24) is 14.8 Å². The van der Waals surface area contributed by atoms with Gasteiger partial charge in [-0.1, -0.05) is 11.6 Å². The third kappa shape index (κ3) is 4.31. The maximum atomic E-state index is 12.7. The lowest BCUT2D eigenvalue weighted by Crippen LogP contribution is -2.26. The number of hydrogen-bond acceptors (Lipinski definition) is 5. The number of pyridine rings is 1. The average molecular weight is 487 g/mol. The second kappa shape index (κ2) is 8.04. The van der Waals surface area contributed by atoms with E-state index in [0.717, 1.165) is 24.3 Å². The van der Waals surface area contributed by atoms with Crippen LogP contribution in [0.5, 0.6) is 0 Å². The molecule has 3 heterocycles. The number of nitrogens with one attached hydrogen (secondary N) is 1. The summed E-state index contributed by atoms with van der Waals surface area (Å²) in [6.45, 7) is 1.71. The lowest BCUT2D eigenvalue weighted by Gasteiger charge is -2.22. The first-order chi connectivity index (χ1) is 15.0. The fourth-order valence-electron chi connectivity index (χ4n) is 3.71. The summed E-state index contributed by atoms with van der Waals surface area (Å²) in [4.78, 5) is 17.0. The minimum absolute atomic E-state index is 0.0490. The minimum Gasteiger partial charge on any atom is -0.322 e. The van der Waals surface area contributed by atoms with Crippen LogP contribution in [0.2, 0.25) is 5.02 Å². The topological polar surface area (TPSA) is 93.9 Å². The summed E-state index contributed by atoms with van der Waals surface area (Å²) in [5.74, 6) is -0.487. The predicted molar refractivity (Wildman–Crippen MR) is 114 cm³/mol. The van der Waals surface area contributed by atoms with Gasteiger partial charge in [0.2, 0.25) is 0 Å². The van der Waals surface area contributed by atoms with Crippen LogP contribution in [0.25, 0.3) is 11.0 Å². The van der Waals surface area contributed by atoms with Crippen LogP contribution in [0.4, 0.5) is 18.9 Å². The van der Waals surface area contributed by atoms with Gasteiger partial charge in [0.15, 0.2) is 5.65 Å². The van der Waals surface area contributed by atoms with E-state index >= 15 is 0 Å². The van der Waals surface area contributed by atoms with Gasteiger partial charge in [0, 0.05) is 11.9 Å². The number of aromatic nitrogens is 3. The third-order valence-corrected chi connectivity index (χ3v) is 7.52. The first-order valence-electron chi connectivity index (χ1n) is 9.68. The van der Waals surface area contributed by atoms with E-state index < -0.39 is 27.5 Å². The summed E-state index contributed by atoms with van der Waals surface area (Å²) < 4.78 is 63.2. The molecule has 1 fully saturated rings. The van der Waals surface area contributed by atoms with Crippen LogP contribution in [-0.4, -0.2) is 40.6 Å². The van der Waals surface area contributed by atoms with Crippen molar-refractivity contribution < 1.29 is 26.4 Å². The summed E-state index contributed by atoms with van der Waals surface area (Å²) in [5.41, 5.74) is 0.385. The molecule has 0 bridgehead atoms. The SMILES string of the molecule is Cc1nn(C2CCS(=O)(=O)CC2)c2ncc(C(=O)Nc3ccc(C(F)(F)F)cc3)c(Cl)c12. The van der Waals surface area contributed by atoms with E-state index in [9.17, 15) is 26.4 Å². The molecule has 1 aliphatic rings. The molecule has 1 amide bonds. The van der Waals surface area contributed by atoms with Gasteiger partial charge in [-0.3, -0.25) is 4.79 Å². The Morgan fingerprint density at radius 2 is 1.81 bits per heavy atom. The molecule has 170 valence electrons. The smallest absolute Gasteiger partial charge is 0.322 e. The Balaban J connectivity index is 1.61. The molecule has 2 aromatic heterocycles. The molecular formula is C20H18ClF3N4O3S. The standard InChI is InChI=1S/C20H18ClF3N4O3S/c1-11-16-17(21)15(19(29)26-13-4-2-12(3-5-13)20(22,23)24)10-25-18(16)28(27-11)14-6-8-32(30,31)9-7-14/h2-5,10,14H,6-9H2,1H3,(H,26,29). The molecule has 0 spiro atoms. The van der Waals surface area contributed by atoms with Gasteiger partial charge in [0.05, 0.1) is 44.8 Å². The van der Waals surface area contributed by atoms with Crippen molar-refractivity contribution in [3.05, 3.63) is 52.3 Å². The maximum Gasteiger partial charge on any atom is 0.416 e. The number of sulfone groups is 1. The van der Waals surface area contributed by atoms with E-state index in [2.05, 4.69) is 15.4 Å². The van der Waals surface area contributed by atoms with Crippen molar-refractivity contribution in [2.24, 2.45) is 0 Å². The van der Waals surface area contributed by atoms with E-state index in [1.807, 2.05) is 0 Å². The van der Waals surface area contributed by atoms with Crippen molar-refractivity contribution in [2.75, 3.05) is 16.8 Å². The number of carbonyl (C=O) groups excluding carboxylic acids is 1. The molecule has 1 aliphatic heterocycles. The highest BCUT2D eigenvalue weighted by atomic mass is 35.5. The fourth-order valence-corrected chi connectivity index (χ4v) is 5.53. The summed E-state index contributed by atoms with van der Waals surface area (Å²) in [6.07, 6.45) is -2.37. The van der Waals surface area contributed by atoms with Gasteiger partial charge < -0.3 is 5.32 Å². The molecule has 0 unspecified atom stereocenters. The van der Waals surface area contributed by atoms with Crippen molar-refractivity contribution in [1.29, 1.82) is 0 Å². The van der Waals surface area contributed by atoms with Gasteiger partial charge in [-0.15, -0.1) is 0 Å². The van der Waals surface area contributed by atoms with Crippen LogP contribution in [0.3, 0.4) is 0 Å². The molecule has 12 heteroatoms. The molecule has 1 aromatic carbocycles. The number of benzene rings is 1. The van der Waals surface area contributed by atoms with Crippen LogP contribution >= 0.6 is 11.6 Å². The van der Waals surface area contributed by atoms with E-state index in [1.165, 1.54) is 6.20 Å². The Hall–Kier alpha value is -2.66. The summed E-state index contributed by atoms with van der Waals surface area (Å²) in [5, 5.41) is 7.58. The zero-order chi connectivity index (χ0) is 23.3. The minimum atomic E-state index is -4.47. The van der Waals surface area contributed by atoms with Crippen LogP contribution < -0.4 is 5.32 Å². The zero-order valence-corrected chi connectivity index (χ0v) is 18.4. The molecule has 0 saturated carbocycles. The maximum absolute atomic E-state index is 12.7. The van der Waals surface area contributed by atoms with Crippen LogP contribution in [-0.2, 0) is 16.0 Å². The highest BCUT2D eigenvalue weighted by Crippen LogP contribution is 2.34. The van der Waals surface area contributed by atoms with Crippen molar-refractivity contribution in [2.45, 2.75) is 32.0 Å². The largest absolute Gasteiger partial charge is 0.416 e. The average Bonchev–Trinajstić information content (AvgIpc) is 3.05. The Labute approximate surface area is 186 Å². The van der Waals surface area contributed by atoms with Crippen LogP contribution in [0.15, 0.2) is 30.5 Å². The number of carbonyl (C=O) groups is 1. The van der Waals surface area contributed by atoms with Gasteiger partial charge in [-0.25, -0.2) is 18.1 Å². The van der Waals surface area contributed by atoms with Gasteiger partial charge in [-0.2, -0.15) is 18.3 Å². The lowest BCUT2D eigenvalue weighted by atomic mass is 10.1. The number of halogens is 4. The summed E-state index contributed by atoms with van der Waals surface area (Å²) >= 11 is 6.49. The molecule has 1 N–H and O–H groups in total. The quantitative estimate of drug-likeness (QED) is 0.591. The number of rotatable bonds is 3. The summed E-state index contributed by atoms with van der Waals surface area (Å²) in [7, 11) is -3.04. The number of anilines is 1. The Morgan fingerprint density at radius 3 is 2.41 bits per heavy atom. The van der Waals surface area contributed by atoms with Crippen LogP contribution in [0.1, 0.15) is 40.5 Å². The van der Waals surface area contributed by atoms with Gasteiger partial charge in [0.25, 0.3) is 5.91 Å². The molecule has 0 radical (unpaired) electrons. The predicted octanol–water partition coefficient (Wildman–Crippen LogP) is 4.41. The van der Waals surface area contributed by atoms with Crippen molar-refractivity contribution in [3.63, 3.8) is 0 Å². The zero-order valence-electron chi connectivity index (χ0n) is 16.8.